The third-order valence-electron chi connectivity index (χ3n) is 26.1. The highest BCUT2D eigenvalue weighted by atomic mass is 79.9. The lowest BCUT2D eigenvalue weighted by molar-refractivity contribution is -0.186. The second-order valence-electron chi connectivity index (χ2n) is 37.5. The van der Waals surface area contributed by atoms with Crippen molar-refractivity contribution in [2.45, 2.75) is 312 Å². The molecule has 0 heterocycles. The number of hydrogen-bond acceptors (Lipinski definition) is 16. The van der Waals surface area contributed by atoms with E-state index in [0.29, 0.717) is 70.0 Å². The van der Waals surface area contributed by atoms with E-state index in [-0.39, 0.29) is 73.3 Å². The lowest BCUT2D eigenvalue weighted by Gasteiger charge is -2.31. The van der Waals surface area contributed by atoms with Gasteiger partial charge in [0.1, 0.15) is 68.6 Å². The number of halogens is 5. The van der Waals surface area contributed by atoms with Gasteiger partial charge in [-0.05, 0) is 348 Å². The number of phenolic OH excluding ortho intramolecular Hbond substituents is 10. The summed E-state index contributed by atoms with van der Waals surface area (Å²) in [7, 11) is 2.87. The molecule has 0 aromatic heterocycles. The van der Waals surface area contributed by atoms with Gasteiger partial charge in [0.15, 0.2) is 11.5 Å². The van der Waals surface area contributed by atoms with Crippen LogP contribution in [0.15, 0.2) is 241 Å². The smallest absolute Gasteiger partial charge is 0.398 e. The van der Waals surface area contributed by atoms with E-state index in [4.69, 9.17) is 41.7 Å². The van der Waals surface area contributed by atoms with E-state index in [1.54, 1.807) is 122 Å². The van der Waals surface area contributed by atoms with Gasteiger partial charge in [0, 0.05) is 0 Å². The van der Waals surface area contributed by atoms with Gasteiger partial charge in [0.05, 0.1) is 40.5 Å². The van der Waals surface area contributed by atoms with Crippen LogP contribution < -0.4 is 9.47 Å². The number of carbonyl (C=O) groups excluding carboxylic acids is 2. The highest BCUT2D eigenvalue weighted by Crippen LogP contribution is 2.45. The number of aryl methyl sites for hydroxylation is 1. The van der Waals surface area contributed by atoms with Gasteiger partial charge in [-0.2, -0.15) is 18.4 Å². The van der Waals surface area contributed by atoms with Crippen LogP contribution in [0.2, 0.25) is 0 Å². The minimum absolute atomic E-state index is 0.0265. The summed E-state index contributed by atoms with van der Waals surface area (Å²) in [6, 6.07) is 70.8. The molecule has 11 aromatic carbocycles. The largest absolute Gasteiger partial charge is 0.508 e. The number of nitriles is 1. The molecule has 16 nitrogen and oxygen atoms in total. The van der Waals surface area contributed by atoms with Crippen LogP contribution in [0, 0.1) is 11.3 Å². The second kappa shape index (κ2) is 60.4. The molecule has 0 aliphatic carbocycles. The minimum Gasteiger partial charge on any atom is -0.508 e. The van der Waals surface area contributed by atoms with Crippen molar-refractivity contribution in [3.05, 3.63) is 319 Å². The van der Waals surface area contributed by atoms with Gasteiger partial charge in [0.2, 0.25) is 0 Å². The Balaban J connectivity index is 0.000000528. The van der Waals surface area contributed by atoms with Gasteiger partial charge in [-0.1, -0.05) is 262 Å². The molecule has 9 atom stereocenters. The predicted molar refractivity (Wildman–Crippen MR) is 572 cm³/mol. The molecular weight excluding hydrogens is 1860 g/mol. The molecule has 0 radical (unpaired) electrons. The molecule has 0 saturated carbocycles. The van der Waals surface area contributed by atoms with E-state index < -0.39 is 28.9 Å². The maximum atomic E-state index is 12.8. The Morgan fingerprint density at radius 1 is 0.371 bits per heavy atom. The summed E-state index contributed by atoms with van der Waals surface area (Å²) in [6.45, 7) is 51.4. The van der Waals surface area contributed by atoms with Crippen LogP contribution in [0.4, 0.5) is 13.2 Å². The van der Waals surface area contributed by atoms with Gasteiger partial charge < -0.3 is 65.3 Å². The molecule has 11 rings (SSSR count). The topological polar surface area (TPSA) is 288 Å². The van der Waals surface area contributed by atoms with E-state index in [0.717, 1.165) is 96.5 Å². The Kier molecular flexibility index (Phi) is 53.6. The van der Waals surface area contributed by atoms with E-state index >= 15 is 0 Å². The molecule has 21 heteroatoms. The number of methoxy groups -OCH3 is 2. The number of esters is 2. The summed E-state index contributed by atoms with van der Waals surface area (Å²) in [5, 5.41) is 103. The fourth-order valence-corrected chi connectivity index (χ4v) is 13.8. The molecule has 0 bridgehead atoms. The van der Waals surface area contributed by atoms with Crippen LogP contribution in [-0.4, -0.2) is 83.4 Å². The summed E-state index contributed by atoms with van der Waals surface area (Å²) in [5.41, 5.74) is 11.2. The first-order chi connectivity index (χ1) is 65.6. The quantitative estimate of drug-likeness (QED) is 0.0145. The van der Waals surface area contributed by atoms with Crippen molar-refractivity contribution < 1.29 is 88.0 Å². The number of rotatable bonds is 25. The van der Waals surface area contributed by atoms with Gasteiger partial charge in [-0.3, -0.25) is 0 Å². The van der Waals surface area contributed by atoms with Gasteiger partial charge >= 0.3 is 18.1 Å². The van der Waals surface area contributed by atoms with Crippen molar-refractivity contribution in [3.63, 3.8) is 0 Å². The van der Waals surface area contributed by atoms with E-state index in [1.165, 1.54) is 84.7 Å². The average Bonchev–Trinajstić information content (AvgIpc) is 0.784. The van der Waals surface area contributed by atoms with Crippen molar-refractivity contribution >= 4 is 39.5 Å². The molecule has 11 aromatic rings. The average molecular weight is 2010 g/mol. The number of alkyl halides is 4. The number of benzene rings is 11. The molecule has 0 spiro atoms. The molecular formula is C119H158BrClF3NO15. The Morgan fingerprint density at radius 3 is 1.14 bits per heavy atom. The van der Waals surface area contributed by atoms with Crippen LogP contribution in [0.3, 0.4) is 0 Å². The molecule has 0 amide bonds. The summed E-state index contributed by atoms with van der Waals surface area (Å²) in [4.78, 5) is 23.1. The third-order valence-corrected chi connectivity index (χ3v) is 27.2. The van der Waals surface area contributed by atoms with E-state index in [1.807, 2.05) is 107 Å². The monoisotopic (exact) mass is 2010 g/mol. The minimum atomic E-state index is -4.28. The Labute approximate surface area is 847 Å². The molecule has 0 saturated heterocycles. The van der Waals surface area contributed by atoms with Crippen LogP contribution in [0.25, 0.3) is 0 Å². The molecule has 10 N–H and O–H groups in total. The maximum absolute atomic E-state index is 12.8. The zero-order valence-corrected chi connectivity index (χ0v) is 90.0. The Bertz CT molecular complexity index is 5480. The summed E-state index contributed by atoms with van der Waals surface area (Å²) < 4.78 is 54.1. The van der Waals surface area contributed by atoms with E-state index in [9.17, 15) is 58.5 Å². The number of para-hydroxylation sites is 1. The van der Waals surface area contributed by atoms with Crippen molar-refractivity contribution in [1.29, 1.82) is 5.26 Å². The maximum Gasteiger partial charge on any atom is 0.398 e. The van der Waals surface area contributed by atoms with Crippen molar-refractivity contribution in [3.8, 4) is 75.1 Å². The fourth-order valence-electron chi connectivity index (χ4n) is 13.3. The van der Waals surface area contributed by atoms with Crippen molar-refractivity contribution in [2.75, 3.05) is 14.2 Å². The number of phenols is 10. The SMILES string of the molecule is CCC(C)(C#N)c1ccc(O)cc1.CCC(C)(C)c1ccc(O)cc1.CCC(C)(Cl)c1cccc(O)c1.CCC(C)(c1ccc(O)cc1)C(F)(F)F.CCC(C)c1cc(O)cc(C(C)(C)C)c1.CCC(C)c1ccc(O)c(Br)c1.CCC(C)c1ccc(O)c(C(=O)OC)c1.CCC(C)c1ccc(O)c(C(=O)Oc2ccccc2)c1.CCC(C)c1ccc(O)c(OC)c1.CCc1cc(C(C)CC)ccc1O. The first-order valence-electron chi connectivity index (χ1n) is 48.5. The zero-order valence-electron chi connectivity index (χ0n) is 87.6. The molecule has 140 heavy (non-hydrogen) atoms. The van der Waals surface area contributed by atoms with Crippen LogP contribution in [-0.2, 0) is 37.7 Å². The lowest BCUT2D eigenvalue weighted by atomic mass is 9.79. The highest BCUT2D eigenvalue weighted by molar-refractivity contribution is 9.10. The number of carbonyl (C=O) groups is 2. The first-order valence-corrected chi connectivity index (χ1v) is 49.7. The van der Waals surface area contributed by atoms with Gasteiger partial charge in [-0.25, -0.2) is 9.59 Å². The molecule has 0 fully saturated rings. The van der Waals surface area contributed by atoms with Crippen LogP contribution >= 0.6 is 27.5 Å². The fraction of sp³-hybridized carbons (Fsp3) is 0.420. The number of nitrogens with zero attached hydrogens (tertiary/aromatic N) is 1. The van der Waals surface area contributed by atoms with Crippen molar-refractivity contribution in [1.82, 2.24) is 0 Å². The molecule has 9 unspecified atom stereocenters. The number of ether oxygens (including phenoxy) is 3. The number of hydrogen-bond donors (Lipinski definition) is 10. The zero-order chi connectivity index (χ0) is 106. The normalized spacial score (nSPS) is 13.4. The molecule has 764 valence electrons. The highest BCUT2D eigenvalue weighted by Gasteiger charge is 2.50. The van der Waals surface area contributed by atoms with Gasteiger partial charge in [0.25, 0.3) is 0 Å². The summed E-state index contributed by atoms with van der Waals surface area (Å²) >= 11 is 9.50. The summed E-state index contributed by atoms with van der Waals surface area (Å²) in [6.07, 6.45) is 5.75. The second-order valence-corrected chi connectivity index (χ2v) is 39.2. The van der Waals surface area contributed by atoms with Crippen LogP contribution in [0.1, 0.15) is 360 Å². The van der Waals surface area contributed by atoms with Crippen molar-refractivity contribution in [2.24, 2.45) is 0 Å². The molecule has 0 aliphatic heterocycles. The Hall–Kier alpha value is -11.8. The summed E-state index contributed by atoms with van der Waals surface area (Å²) in [5.74, 6) is 4.89. The Morgan fingerprint density at radius 2 is 0.764 bits per heavy atom. The third kappa shape index (κ3) is 40.4. The lowest BCUT2D eigenvalue weighted by Crippen LogP contribution is -2.38. The van der Waals surface area contributed by atoms with Gasteiger partial charge in [-0.15, -0.1) is 11.6 Å². The van der Waals surface area contributed by atoms with Crippen LogP contribution in [0.5, 0.6) is 69.0 Å². The molecule has 0 aliphatic rings. The first kappa shape index (κ1) is 124. The van der Waals surface area contributed by atoms with E-state index in [2.05, 4.69) is 170 Å². The standard InChI is InChI=1S/C17H18O3.C14H22O.C12H16O3.C12H18O.C11H13F3O.C11H13NO.C11H16O2.C11H16O.C10H13BrO.C10H13ClO/c1-3-12(2)13-9-10-16(18)15(11-13)17(19)20-14-7-5-4-6-8-14;1-6-10(2)11-7-12(14(3,4)5)9-13(15)8-11;1-4-8(2)9-5-6-11(13)10(7-9)12(14)15-3;1-4-9(3)11-6-7-12(13)10(5-2)8-11;1-3-10(2,11(12,13)14)8-4-6-9(15)7-5-8;1-3-11(2,8-12)9-4-6-10(13)7-5-9;1-4-8(2)9-5-6-10(12)11(7-9)13-3;1-4-11(2,3)9-5-7-10(12)8-6-9;1-3-7(2)8-4-5-10(12)9(11)6-8;1-3-10(2,11)8-5-4-6-9(12)7-8/h4-12,18H,3H2,1-2H3;7-10,15H,6H2,1-5H3;5-8,13H,4H2,1-3H3;6-9,13H,4-5H2,1-3H3;4-7,15H,3H2,1-2H3;4-7,13H,3H2,1-2H3;5-8,12H,4H2,1-3H3;5-8,12H,4H2,1-3H3;2*4-7,12H,3H2,1-2H3. The number of aromatic hydroxyl groups is 10. The predicted octanol–water partition coefficient (Wildman–Crippen LogP) is 33.6.